The number of carbonyl (C=O) groups is 1. The molecule has 1 fully saturated rings. The van der Waals surface area contributed by atoms with Gasteiger partial charge in [0.1, 0.15) is 5.75 Å². The van der Waals surface area contributed by atoms with Crippen molar-refractivity contribution in [2.75, 3.05) is 44.6 Å². The zero-order chi connectivity index (χ0) is 22.4. The van der Waals surface area contributed by atoms with Crippen LogP contribution in [0.1, 0.15) is 35.2 Å². The summed E-state index contributed by atoms with van der Waals surface area (Å²) in [5.74, 6) is 0.449. The maximum atomic E-state index is 13.0. The van der Waals surface area contributed by atoms with E-state index < -0.39 is 10.0 Å². The van der Waals surface area contributed by atoms with Gasteiger partial charge in [0, 0.05) is 19.2 Å². The predicted molar refractivity (Wildman–Crippen MR) is 122 cm³/mol. The number of methoxy groups -OCH3 is 1. The Hall–Kier alpha value is -2.58. The summed E-state index contributed by atoms with van der Waals surface area (Å²) in [7, 11) is -0.680. The second-order valence-corrected chi connectivity index (χ2v) is 9.78. The van der Waals surface area contributed by atoms with Crippen molar-refractivity contribution in [1.82, 2.24) is 10.2 Å². The van der Waals surface area contributed by atoms with E-state index >= 15 is 0 Å². The molecule has 0 radical (unpaired) electrons. The van der Waals surface area contributed by atoms with Crippen LogP contribution in [0.2, 0.25) is 0 Å². The summed E-state index contributed by atoms with van der Waals surface area (Å²) >= 11 is 0. The molecule has 2 aromatic rings. The molecule has 1 saturated heterocycles. The van der Waals surface area contributed by atoms with Crippen molar-refractivity contribution in [3.63, 3.8) is 0 Å². The predicted octanol–water partition coefficient (Wildman–Crippen LogP) is 3.04. The zero-order valence-electron chi connectivity index (χ0n) is 18.4. The molecule has 7 nitrogen and oxygen atoms in total. The zero-order valence-corrected chi connectivity index (χ0v) is 19.2. The number of hydrogen-bond donors (Lipinski definition) is 1. The van der Waals surface area contributed by atoms with Gasteiger partial charge in [-0.25, -0.2) is 8.42 Å². The van der Waals surface area contributed by atoms with Crippen LogP contribution in [0.15, 0.2) is 47.4 Å². The van der Waals surface area contributed by atoms with E-state index in [0.29, 0.717) is 29.1 Å². The number of likely N-dealkylation sites (tertiary alicyclic amines) is 1. The van der Waals surface area contributed by atoms with Crippen LogP contribution < -0.4 is 14.4 Å². The number of aryl methyl sites for hydroxylation is 1. The van der Waals surface area contributed by atoms with Gasteiger partial charge in [0.25, 0.3) is 15.9 Å². The van der Waals surface area contributed by atoms with E-state index in [4.69, 9.17) is 4.74 Å². The molecular weight excluding hydrogens is 414 g/mol. The average molecular weight is 446 g/mol. The van der Waals surface area contributed by atoms with Gasteiger partial charge in [-0.15, -0.1) is 0 Å². The Kier molecular flexibility index (Phi) is 7.56. The van der Waals surface area contributed by atoms with Crippen molar-refractivity contribution >= 4 is 21.6 Å². The Morgan fingerprint density at radius 1 is 1.13 bits per heavy atom. The number of nitrogens with one attached hydrogen (secondary N) is 1. The van der Waals surface area contributed by atoms with Crippen LogP contribution in [0.4, 0.5) is 5.69 Å². The molecule has 2 aromatic carbocycles. The Bertz CT molecular complexity index is 1000. The van der Waals surface area contributed by atoms with E-state index in [2.05, 4.69) is 10.2 Å². The Balaban J connectivity index is 1.63. The standard InChI is InChI=1S/C23H31N3O4S/c1-18-17-19(23(27)24-13-6-16-26-14-4-5-15-26)7-12-22(18)25(2)31(28,29)21-10-8-20(30-3)9-11-21/h7-12,17H,4-6,13-16H2,1-3H3,(H,24,27). The van der Waals surface area contributed by atoms with E-state index in [-0.39, 0.29) is 10.8 Å². The third-order valence-corrected chi connectivity index (χ3v) is 7.44. The number of hydrogen-bond acceptors (Lipinski definition) is 5. The first-order valence-electron chi connectivity index (χ1n) is 10.6. The number of rotatable bonds is 9. The molecule has 0 aliphatic carbocycles. The van der Waals surface area contributed by atoms with Gasteiger partial charge in [0.2, 0.25) is 0 Å². The molecule has 1 N–H and O–H groups in total. The fourth-order valence-corrected chi connectivity index (χ4v) is 5.06. The maximum Gasteiger partial charge on any atom is 0.264 e. The first-order valence-corrected chi connectivity index (χ1v) is 12.0. The maximum absolute atomic E-state index is 13.0. The second kappa shape index (κ2) is 10.2. The van der Waals surface area contributed by atoms with Crippen molar-refractivity contribution in [1.29, 1.82) is 0 Å². The molecular formula is C23H31N3O4S. The minimum absolute atomic E-state index is 0.142. The summed E-state index contributed by atoms with van der Waals surface area (Å²) in [6.07, 6.45) is 3.45. The molecule has 8 heteroatoms. The first kappa shape index (κ1) is 23.1. The summed E-state index contributed by atoms with van der Waals surface area (Å²) in [5.41, 5.74) is 1.77. The smallest absolute Gasteiger partial charge is 0.264 e. The van der Waals surface area contributed by atoms with E-state index in [1.54, 1.807) is 37.3 Å². The Labute approximate surface area is 185 Å². The van der Waals surface area contributed by atoms with Gasteiger partial charge < -0.3 is 15.0 Å². The molecule has 0 atom stereocenters. The lowest BCUT2D eigenvalue weighted by atomic mass is 10.1. The molecule has 0 saturated carbocycles. The van der Waals surface area contributed by atoms with Crippen LogP contribution >= 0.6 is 0 Å². The molecule has 31 heavy (non-hydrogen) atoms. The Morgan fingerprint density at radius 3 is 2.42 bits per heavy atom. The van der Waals surface area contributed by atoms with E-state index in [9.17, 15) is 13.2 Å². The number of nitrogens with zero attached hydrogens (tertiary/aromatic N) is 2. The van der Waals surface area contributed by atoms with E-state index in [1.807, 2.05) is 0 Å². The van der Waals surface area contributed by atoms with Gasteiger partial charge in [0.05, 0.1) is 17.7 Å². The van der Waals surface area contributed by atoms with Gasteiger partial charge in [-0.05, 0) is 93.8 Å². The van der Waals surface area contributed by atoms with Crippen LogP contribution in [0.5, 0.6) is 5.75 Å². The average Bonchev–Trinajstić information content (AvgIpc) is 3.29. The Morgan fingerprint density at radius 2 is 1.81 bits per heavy atom. The second-order valence-electron chi connectivity index (χ2n) is 7.81. The number of sulfonamides is 1. The largest absolute Gasteiger partial charge is 0.497 e. The molecule has 1 aliphatic heterocycles. The lowest BCUT2D eigenvalue weighted by Gasteiger charge is -2.22. The normalized spacial score (nSPS) is 14.4. The lowest BCUT2D eigenvalue weighted by Crippen LogP contribution is -2.29. The van der Waals surface area contributed by atoms with Crippen LogP contribution in [0.25, 0.3) is 0 Å². The van der Waals surface area contributed by atoms with Crippen LogP contribution in [0.3, 0.4) is 0 Å². The van der Waals surface area contributed by atoms with Gasteiger partial charge >= 0.3 is 0 Å². The third kappa shape index (κ3) is 5.57. The number of anilines is 1. The number of carbonyl (C=O) groups excluding carboxylic acids is 1. The van der Waals surface area contributed by atoms with Crippen molar-refractivity contribution in [3.8, 4) is 5.75 Å². The molecule has 0 aromatic heterocycles. The van der Waals surface area contributed by atoms with Gasteiger partial charge in [-0.3, -0.25) is 9.10 Å². The van der Waals surface area contributed by atoms with Crippen molar-refractivity contribution in [2.45, 2.75) is 31.1 Å². The highest BCUT2D eigenvalue weighted by Crippen LogP contribution is 2.27. The summed E-state index contributed by atoms with van der Waals surface area (Å²) in [6, 6.07) is 11.3. The fourth-order valence-electron chi connectivity index (χ4n) is 3.80. The number of benzene rings is 2. The molecule has 0 unspecified atom stereocenters. The first-order chi connectivity index (χ1) is 14.8. The molecule has 1 heterocycles. The number of amides is 1. The van der Waals surface area contributed by atoms with Crippen LogP contribution in [-0.4, -0.2) is 59.6 Å². The molecule has 168 valence electrons. The summed E-state index contributed by atoms with van der Waals surface area (Å²) in [4.78, 5) is 15.1. The highest BCUT2D eigenvalue weighted by atomic mass is 32.2. The molecule has 1 aliphatic rings. The van der Waals surface area contributed by atoms with Gasteiger partial charge in [-0.1, -0.05) is 0 Å². The van der Waals surface area contributed by atoms with Gasteiger partial charge in [0.15, 0.2) is 0 Å². The molecule has 1 amide bonds. The monoisotopic (exact) mass is 445 g/mol. The highest BCUT2D eigenvalue weighted by Gasteiger charge is 2.23. The van der Waals surface area contributed by atoms with E-state index in [0.717, 1.165) is 26.1 Å². The fraction of sp³-hybridized carbons (Fsp3) is 0.435. The minimum Gasteiger partial charge on any atom is -0.497 e. The summed E-state index contributed by atoms with van der Waals surface area (Å²) in [5, 5.41) is 2.96. The van der Waals surface area contributed by atoms with Gasteiger partial charge in [-0.2, -0.15) is 0 Å². The number of ether oxygens (including phenoxy) is 1. The van der Waals surface area contributed by atoms with Crippen molar-refractivity contribution < 1.29 is 17.9 Å². The van der Waals surface area contributed by atoms with Crippen LogP contribution in [0, 0.1) is 6.92 Å². The summed E-state index contributed by atoms with van der Waals surface area (Å²) in [6.45, 7) is 5.75. The topological polar surface area (TPSA) is 79.0 Å². The third-order valence-electron chi connectivity index (χ3n) is 5.65. The minimum atomic E-state index is -3.73. The van der Waals surface area contributed by atoms with E-state index in [1.165, 1.54) is 43.4 Å². The quantitative estimate of drug-likeness (QED) is 0.600. The van der Waals surface area contributed by atoms with Crippen molar-refractivity contribution in [3.05, 3.63) is 53.6 Å². The molecule has 3 rings (SSSR count). The molecule has 0 spiro atoms. The molecule has 0 bridgehead atoms. The van der Waals surface area contributed by atoms with Crippen molar-refractivity contribution in [2.24, 2.45) is 0 Å². The van der Waals surface area contributed by atoms with Crippen LogP contribution in [-0.2, 0) is 10.0 Å². The lowest BCUT2D eigenvalue weighted by molar-refractivity contribution is 0.0952. The highest BCUT2D eigenvalue weighted by molar-refractivity contribution is 7.92. The SMILES string of the molecule is COc1ccc(S(=O)(=O)N(C)c2ccc(C(=O)NCCCN3CCCC3)cc2C)cc1. The summed E-state index contributed by atoms with van der Waals surface area (Å²) < 4.78 is 32.3.